The molecule has 25 heavy (non-hydrogen) atoms. The van der Waals surface area contributed by atoms with Crippen LogP contribution in [0.4, 0.5) is 0 Å². The zero-order valence-electron chi connectivity index (χ0n) is 14.0. The summed E-state index contributed by atoms with van der Waals surface area (Å²) in [4.78, 5) is 0. The Morgan fingerprint density at radius 1 is 0.360 bits per heavy atom. The molecule has 5 rings (SSSR count). The van der Waals surface area contributed by atoms with Crippen molar-refractivity contribution in [2.75, 3.05) is 0 Å². The molecule has 1 aliphatic rings. The number of rotatable bonds is 1. The maximum atomic E-state index is 2.26. The Morgan fingerprint density at radius 3 is 1.20 bits per heavy atom. The zero-order chi connectivity index (χ0) is 16.9. The lowest BCUT2D eigenvalue weighted by Crippen LogP contribution is -1.98. The molecule has 0 atom stereocenters. The van der Waals surface area contributed by atoms with Crippen molar-refractivity contribution >= 4 is 0 Å². The third kappa shape index (κ3) is 3.12. The van der Waals surface area contributed by atoms with E-state index in [1.807, 2.05) is 36.4 Å². The van der Waals surface area contributed by atoms with Crippen molar-refractivity contribution in [2.24, 2.45) is 0 Å². The van der Waals surface area contributed by atoms with Gasteiger partial charge in [-0.05, 0) is 27.8 Å². The third-order valence-electron chi connectivity index (χ3n) is 4.63. The quantitative estimate of drug-likeness (QED) is 0.329. The van der Waals surface area contributed by atoms with Crippen LogP contribution >= 0.6 is 0 Å². The van der Waals surface area contributed by atoms with Crippen molar-refractivity contribution in [3.05, 3.63) is 132 Å². The van der Waals surface area contributed by atoms with Crippen LogP contribution in [-0.2, 0) is 0 Å². The van der Waals surface area contributed by atoms with Gasteiger partial charge < -0.3 is 0 Å². The van der Waals surface area contributed by atoms with Gasteiger partial charge >= 0.3 is 0 Å². The highest BCUT2D eigenvalue weighted by atomic mass is 14.3. The average molecular weight is 320 g/mol. The highest BCUT2D eigenvalue weighted by molar-refractivity contribution is 5.80. The predicted molar refractivity (Wildman–Crippen MR) is 106 cm³/mol. The Kier molecular flexibility index (Phi) is 4.43. The lowest BCUT2D eigenvalue weighted by atomic mass is 9.89. The summed E-state index contributed by atoms with van der Waals surface area (Å²) in [5.41, 5.74) is 6.99. The zero-order valence-corrected chi connectivity index (χ0v) is 14.0. The lowest BCUT2D eigenvalue weighted by Gasteiger charge is -2.13. The summed E-state index contributed by atoms with van der Waals surface area (Å²) in [5.74, 6) is 0.383. The number of fused-ring (bicyclic) bond motifs is 3. The molecule has 0 fully saturated rings. The van der Waals surface area contributed by atoms with E-state index in [9.17, 15) is 0 Å². The van der Waals surface area contributed by atoms with Crippen LogP contribution in [0.2, 0.25) is 0 Å². The summed E-state index contributed by atoms with van der Waals surface area (Å²) >= 11 is 0. The van der Waals surface area contributed by atoms with Gasteiger partial charge in [0.25, 0.3) is 0 Å². The first kappa shape index (κ1) is 15.4. The number of benzene rings is 4. The summed E-state index contributed by atoms with van der Waals surface area (Å²) in [6.07, 6.45) is 0. The van der Waals surface area contributed by atoms with Crippen molar-refractivity contribution in [3.8, 4) is 11.1 Å². The minimum Gasteiger partial charge on any atom is -0.0623 e. The molecule has 0 N–H and O–H groups in total. The normalized spacial score (nSPS) is 11.8. The number of hydrogen-bond donors (Lipinski definition) is 0. The molecule has 120 valence electrons. The maximum Gasteiger partial charge on any atom is 0.0352 e. The highest BCUT2D eigenvalue weighted by Crippen LogP contribution is 2.47. The van der Waals surface area contributed by atoms with Gasteiger partial charge in [0, 0.05) is 5.92 Å². The summed E-state index contributed by atoms with van der Waals surface area (Å²) < 4.78 is 0. The van der Waals surface area contributed by atoms with Crippen molar-refractivity contribution in [3.63, 3.8) is 0 Å². The minimum atomic E-state index is 0.383. The van der Waals surface area contributed by atoms with Crippen molar-refractivity contribution in [1.82, 2.24) is 0 Å². The molecule has 0 aliphatic heterocycles. The van der Waals surface area contributed by atoms with Crippen LogP contribution in [0.25, 0.3) is 11.1 Å². The second-order valence-electron chi connectivity index (χ2n) is 6.17. The first-order valence-corrected chi connectivity index (χ1v) is 8.68. The Hall–Kier alpha value is -3.12. The van der Waals surface area contributed by atoms with Crippen LogP contribution in [0.15, 0.2) is 115 Å². The van der Waals surface area contributed by atoms with Gasteiger partial charge in [0.05, 0.1) is 0 Å². The predicted octanol–water partition coefficient (Wildman–Crippen LogP) is 6.53. The van der Waals surface area contributed by atoms with Gasteiger partial charge in [-0.15, -0.1) is 0 Å². The van der Waals surface area contributed by atoms with Gasteiger partial charge in [-0.3, -0.25) is 0 Å². The molecule has 4 aromatic rings. The largest absolute Gasteiger partial charge is 0.0623 e. The van der Waals surface area contributed by atoms with Crippen LogP contribution in [0.5, 0.6) is 0 Å². The molecule has 0 nitrogen and oxygen atoms in total. The monoisotopic (exact) mass is 320 g/mol. The van der Waals surface area contributed by atoms with E-state index in [1.54, 1.807) is 0 Å². The molecule has 0 radical (unpaired) electrons. The first-order valence-electron chi connectivity index (χ1n) is 8.68. The van der Waals surface area contributed by atoms with Gasteiger partial charge in [-0.25, -0.2) is 0 Å². The standard InChI is InChI=1S/C19H14.C6H6/c1-2-8-14(9-3-1)19-17-12-6-4-10-15(17)16-11-5-7-13-18(16)19;1-2-4-6-5-3-1/h1-13,19H;1-6H. The van der Waals surface area contributed by atoms with Crippen LogP contribution in [0.1, 0.15) is 22.6 Å². The first-order chi connectivity index (χ1) is 12.4. The minimum absolute atomic E-state index is 0.383. The molecule has 0 heteroatoms. The third-order valence-corrected chi connectivity index (χ3v) is 4.63. The Balaban J connectivity index is 0.000000223. The highest BCUT2D eigenvalue weighted by Gasteiger charge is 2.28. The van der Waals surface area contributed by atoms with Crippen molar-refractivity contribution < 1.29 is 0 Å². The van der Waals surface area contributed by atoms with Crippen LogP contribution in [0.3, 0.4) is 0 Å². The summed E-state index contributed by atoms with van der Waals surface area (Å²) in [5, 5.41) is 0. The van der Waals surface area contributed by atoms with Gasteiger partial charge in [0.1, 0.15) is 0 Å². The fourth-order valence-corrected chi connectivity index (χ4v) is 3.55. The SMILES string of the molecule is c1ccc(C2c3ccccc3-c3ccccc32)cc1.c1ccccc1. The molecule has 0 spiro atoms. The average Bonchev–Trinajstić information content (AvgIpc) is 3.05. The molecule has 0 heterocycles. The van der Waals surface area contributed by atoms with E-state index in [1.165, 1.54) is 27.8 Å². The molecule has 1 aliphatic carbocycles. The topological polar surface area (TPSA) is 0 Å². The smallest absolute Gasteiger partial charge is 0.0352 e. The van der Waals surface area contributed by atoms with E-state index < -0.39 is 0 Å². The second-order valence-corrected chi connectivity index (χ2v) is 6.17. The Labute approximate surface area is 149 Å². The van der Waals surface area contributed by atoms with E-state index in [0.29, 0.717) is 5.92 Å². The lowest BCUT2D eigenvalue weighted by molar-refractivity contribution is 1.02. The van der Waals surface area contributed by atoms with Gasteiger partial charge in [0.2, 0.25) is 0 Å². The van der Waals surface area contributed by atoms with Crippen molar-refractivity contribution in [2.45, 2.75) is 5.92 Å². The molecule has 0 aromatic heterocycles. The van der Waals surface area contributed by atoms with Gasteiger partial charge in [-0.2, -0.15) is 0 Å². The molecular formula is C25H20. The van der Waals surface area contributed by atoms with Crippen LogP contribution in [0, 0.1) is 0 Å². The molecule has 0 saturated carbocycles. The van der Waals surface area contributed by atoms with E-state index in [2.05, 4.69) is 78.9 Å². The number of hydrogen-bond acceptors (Lipinski definition) is 0. The summed E-state index contributed by atoms with van der Waals surface area (Å²) in [6.45, 7) is 0. The van der Waals surface area contributed by atoms with Crippen LogP contribution < -0.4 is 0 Å². The van der Waals surface area contributed by atoms with E-state index >= 15 is 0 Å². The van der Waals surface area contributed by atoms with E-state index in [4.69, 9.17) is 0 Å². The molecule has 0 bridgehead atoms. The molecule has 4 aromatic carbocycles. The Bertz CT molecular complexity index is 867. The second kappa shape index (κ2) is 7.19. The van der Waals surface area contributed by atoms with Crippen LogP contribution in [-0.4, -0.2) is 0 Å². The van der Waals surface area contributed by atoms with Gasteiger partial charge in [0.15, 0.2) is 0 Å². The molecular weight excluding hydrogens is 300 g/mol. The Morgan fingerprint density at radius 2 is 0.720 bits per heavy atom. The van der Waals surface area contributed by atoms with Crippen molar-refractivity contribution in [1.29, 1.82) is 0 Å². The van der Waals surface area contributed by atoms with E-state index in [0.717, 1.165) is 0 Å². The fourth-order valence-electron chi connectivity index (χ4n) is 3.55. The maximum absolute atomic E-state index is 2.26. The summed E-state index contributed by atoms with van der Waals surface area (Å²) in [6, 6.07) is 40.3. The fraction of sp³-hybridized carbons (Fsp3) is 0.0400. The molecule has 0 unspecified atom stereocenters. The summed E-state index contributed by atoms with van der Waals surface area (Å²) in [7, 11) is 0. The van der Waals surface area contributed by atoms with E-state index in [-0.39, 0.29) is 0 Å². The molecule has 0 amide bonds. The van der Waals surface area contributed by atoms with Gasteiger partial charge in [-0.1, -0.05) is 115 Å². The molecule has 0 saturated heterocycles.